The average molecular weight is 171 g/mol. The molecule has 1 aromatic rings. The van der Waals surface area contributed by atoms with E-state index in [1.54, 1.807) is 6.20 Å². The summed E-state index contributed by atoms with van der Waals surface area (Å²) in [6.45, 7) is 0. The molecule has 0 aliphatic heterocycles. The summed E-state index contributed by atoms with van der Waals surface area (Å²) in [5.41, 5.74) is 4.96. The van der Waals surface area contributed by atoms with Crippen LogP contribution in [0.1, 0.15) is 0 Å². The van der Waals surface area contributed by atoms with Crippen LogP contribution in [0.2, 0.25) is 0 Å². The molecule has 0 aliphatic rings. The predicted octanol–water partition coefficient (Wildman–Crippen LogP) is -0.00250. The van der Waals surface area contributed by atoms with E-state index in [9.17, 15) is 4.79 Å². The molecule has 5 heteroatoms. The number of carbonyl (C=O) groups is 1. The summed E-state index contributed by atoms with van der Waals surface area (Å²) in [5, 5.41) is 0.809. The number of thioether (sulfide) groups is 1. The van der Waals surface area contributed by atoms with Gasteiger partial charge in [-0.3, -0.25) is 4.79 Å². The van der Waals surface area contributed by atoms with Gasteiger partial charge in [0.1, 0.15) is 0 Å². The first kappa shape index (κ1) is 8.13. The molecule has 4 nitrogen and oxygen atoms in total. The number of hydrogen-bond acceptors (Lipinski definition) is 3. The molecule has 0 saturated heterocycles. The lowest BCUT2D eigenvalue weighted by Gasteiger charge is -1.97. The predicted molar refractivity (Wildman–Crippen MR) is 43.1 cm³/mol. The summed E-state index contributed by atoms with van der Waals surface area (Å²) in [6, 6.07) is 0. The van der Waals surface area contributed by atoms with Gasteiger partial charge in [-0.05, 0) is 0 Å². The van der Waals surface area contributed by atoms with Crippen molar-refractivity contribution in [3.63, 3.8) is 0 Å². The van der Waals surface area contributed by atoms with Gasteiger partial charge in [0, 0.05) is 19.4 Å². The normalized spacial score (nSPS) is 9.91. The molecule has 0 spiro atoms. The minimum atomic E-state index is -0.321. The minimum absolute atomic E-state index is 0.283. The Balaban J connectivity index is 2.51. The van der Waals surface area contributed by atoms with Gasteiger partial charge >= 0.3 is 0 Å². The van der Waals surface area contributed by atoms with Crippen LogP contribution in [0.4, 0.5) is 0 Å². The smallest absolute Gasteiger partial charge is 0.227 e. The summed E-state index contributed by atoms with van der Waals surface area (Å²) in [7, 11) is 1.87. The van der Waals surface area contributed by atoms with E-state index in [4.69, 9.17) is 5.73 Å². The van der Waals surface area contributed by atoms with E-state index < -0.39 is 0 Å². The molecule has 0 aromatic carbocycles. The largest absolute Gasteiger partial charge is 0.369 e. The number of imidazole rings is 1. The molecule has 0 fully saturated rings. The fourth-order valence-corrected chi connectivity index (χ4v) is 1.30. The number of carbonyl (C=O) groups excluding carboxylic acids is 1. The molecular formula is C6H9N3OS. The number of hydrogen-bond donors (Lipinski definition) is 1. The Morgan fingerprint density at radius 1 is 1.91 bits per heavy atom. The summed E-state index contributed by atoms with van der Waals surface area (Å²) in [4.78, 5) is 14.4. The number of aryl methyl sites for hydroxylation is 1. The molecule has 11 heavy (non-hydrogen) atoms. The maximum Gasteiger partial charge on any atom is 0.227 e. The second-order valence-electron chi connectivity index (χ2n) is 2.08. The van der Waals surface area contributed by atoms with Crippen molar-refractivity contribution in [1.29, 1.82) is 0 Å². The highest BCUT2D eigenvalue weighted by atomic mass is 32.2. The fraction of sp³-hybridized carbons (Fsp3) is 0.333. The van der Waals surface area contributed by atoms with E-state index in [0.717, 1.165) is 5.16 Å². The molecule has 2 N–H and O–H groups in total. The number of rotatable bonds is 3. The third-order valence-corrected chi connectivity index (χ3v) is 2.20. The maximum absolute atomic E-state index is 10.4. The summed E-state index contributed by atoms with van der Waals surface area (Å²) in [6.07, 6.45) is 3.51. The van der Waals surface area contributed by atoms with Crippen LogP contribution in [0.25, 0.3) is 0 Å². The molecule has 1 aromatic heterocycles. The van der Waals surface area contributed by atoms with E-state index in [-0.39, 0.29) is 11.7 Å². The molecule has 0 bridgehead atoms. The van der Waals surface area contributed by atoms with Crippen molar-refractivity contribution in [2.24, 2.45) is 12.8 Å². The number of nitrogens with zero attached hydrogens (tertiary/aromatic N) is 2. The SMILES string of the molecule is Cn1ccnc1SCC(N)=O. The van der Waals surface area contributed by atoms with Gasteiger partial charge in [-0.15, -0.1) is 0 Å². The van der Waals surface area contributed by atoms with E-state index in [1.165, 1.54) is 11.8 Å². The van der Waals surface area contributed by atoms with Crippen molar-refractivity contribution in [1.82, 2.24) is 9.55 Å². The first-order valence-electron chi connectivity index (χ1n) is 3.08. The Morgan fingerprint density at radius 2 is 2.64 bits per heavy atom. The Morgan fingerprint density at radius 3 is 3.09 bits per heavy atom. The lowest BCUT2D eigenvalue weighted by molar-refractivity contribution is -0.115. The number of aromatic nitrogens is 2. The van der Waals surface area contributed by atoms with Gasteiger partial charge in [0.25, 0.3) is 0 Å². The van der Waals surface area contributed by atoms with Crippen LogP contribution in [-0.2, 0) is 11.8 Å². The highest BCUT2D eigenvalue weighted by Crippen LogP contribution is 2.12. The van der Waals surface area contributed by atoms with Crippen molar-refractivity contribution >= 4 is 17.7 Å². The first-order chi connectivity index (χ1) is 5.20. The second kappa shape index (κ2) is 3.43. The molecule has 0 aliphatic carbocycles. The standard InChI is InChI=1S/C6H9N3OS/c1-9-3-2-8-6(9)11-4-5(7)10/h2-3H,4H2,1H3,(H2,7,10). The van der Waals surface area contributed by atoms with Gasteiger partial charge in [-0.1, -0.05) is 11.8 Å². The van der Waals surface area contributed by atoms with Gasteiger partial charge in [0.05, 0.1) is 5.75 Å². The summed E-state index contributed by atoms with van der Waals surface area (Å²) < 4.78 is 1.84. The zero-order valence-electron chi connectivity index (χ0n) is 6.15. The molecule has 1 amide bonds. The Hall–Kier alpha value is -0.970. The monoisotopic (exact) mass is 171 g/mol. The third kappa shape index (κ3) is 2.27. The van der Waals surface area contributed by atoms with Crippen LogP contribution in [0.5, 0.6) is 0 Å². The maximum atomic E-state index is 10.4. The molecular weight excluding hydrogens is 162 g/mol. The lowest BCUT2D eigenvalue weighted by atomic mass is 10.8. The third-order valence-electron chi connectivity index (χ3n) is 1.12. The van der Waals surface area contributed by atoms with Gasteiger partial charge < -0.3 is 10.3 Å². The first-order valence-corrected chi connectivity index (χ1v) is 4.07. The lowest BCUT2D eigenvalue weighted by Crippen LogP contribution is -2.13. The number of nitrogens with two attached hydrogens (primary N) is 1. The van der Waals surface area contributed by atoms with Crippen LogP contribution in [0.15, 0.2) is 17.6 Å². The van der Waals surface area contributed by atoms with E-state index in [1.807, 2.05) is 17.8 Å². The molecule has 0 atom stereocenters. The van der Waals surface area contributed by atoms with Crippen LogP contribution in [-0.4, -0.2) is 21.2 Å². The van der Waals surface area contributed by atoms with E-state index in [0.29, 0.717) is 0 Å². The fourth-order valence-electron chi connectivity index (χ4n) is 0.627. The molecule has 0 unspecified atom stereocenters. The van der Waals surface area contributed by atoms with Gasteiger partial charge in [0.15, 0.2) is 5.16 Å². The summed E-state index contributed by atoms with van der Waals surface area (Å²) >= 11 is 1.34. The van der Waals surface area contributed by atoms with Crippen molar-refractivity contribution < 1.29 is 4.79 Å². The molecule has 0 radical (unpaired) electrons. The van der Waals surface area contributed by atoms with Crippen molar-refractivity contribution in [2.75, 3.05) is 5.75 Å². The van der Waals surface area contributed by atoms with Crippen LogP contribution in [0.3, 0.4) is 0 Å². The Labute approximate surface area is 68.8 Å². The van der Waals surface area contributed by atoms with E-state index >= 15 is 0 Å². The second-order valence-corrected chi connectivity index (χ2v) is 3.02. The molecule has 0 saturated carbocycles. The molecule has 1 heterocycles. The zero-order valence-corrected chi connectivity index (χ0v) is 6.97. The van der Waals surface area contributed by atoms with Gasteiger partial charge in [-0.2, -0.15) is 0 Å². The van der Waals surface area contributed by atoms with Gasteiger partial charge in [-0.25, -0.2) is 4.98 Å². The minimum Gasteiger partial charge on any atom is -0.369 e. The zero-order chi connectivity index (χ0) is 8.27. The summed E-state index contributed by atoms with van der Waals surface area (Å²) in [5.74, 6) is -0.0387. The number of primary amides is 1. The van der Waals surface area contributed by atoms with Crippen molar-refractivity contribution in [3.8, 4) is 0 Å². The molecule has 1 rings (SSSR count). The van der Waals surface area contributed by atoms with Crippen molar-refractivity contribution in [3.05, 3.63) is 12.4 Å². The topological polar surface area (TPSA) is 60.9 Å². The molecule has 60 valence electrons. The quantitative estimate of drug-likeness (QED) is 0.651. The van der Waals surface area contributed by atoms with Gasteiger partial charge in [0.2, 0.25) is 5.91 Å². The average Bonchev–Trinajstić information content (AvgIpc) is 2.31. The Bertz CT molecular complexity index is 258. The number of amides is 1. The van der Waals surface area contributed by atoms with Crippen LogP contribution >= 0.6 is 11.8 Å². The van der Waals surface area contributed by atoms with Crippen LogP contribution in [0, 0.1) is 0 Å². The van der Waals surface area contributed by atoms with Crippen molar-refractivity contribution in [2.45, 2.75) is 5.16 Å². The highest BCUT2D eigenvalue weighted by Gasteiger charge is 2.01. The van der Waals surface area contributed by atoms with Crippen LogP contribution < -0.4 is 5.73 Å². The highest BCUT2D eigenvalue weighted by molar-refractivity contribution is 7.99. The van der Waals surface area contributed by atoms with E-state index in [2.05, 4.69) is 4.98 Å². The Kier molecular flexibility index (Phi) is 2.53.